The third kappa shape index (κ3) is 3.81. The maximum absolute atomic E-state index is 10.9. The Morgan fingerprint density at radius 2 is 2.00 bits per heavy atom. The predicted molar refractivity (Wildman–Crippen MR) is 83.6 cm³/mol. The molecule has 1 aliphatic rings. The summed E-state index contributed by atoms with van der Waals surface area (Å²) in [6.45, 7) is 7.09. The lowest BCUT2D eigenvalue weighted by Crippen LogP contribution is -2.54. The van der Waals surface area contributed by atoms with Crippen LogP contribution in [0.25, 0.3) is 0 Å². The first-order chi connectivity index (χ1) is 9.51. The standard InChI is InChI=1S/C17H28N2O/c1-14-13-19(3)15(2)11-17(14,20)9-10-18-12-16-7-5-4-6-8-16/h4-8,14-15,18,20H,9-13H2,1-3H3. The molecule has 3 unspecified atom stereocenters. The molecule has 1 aromatic carbocycles. The van der Waals surface area contributed by atoms with Crippen molar-refractivity contribution in [2.24, 2.45) is 5.92 Å². The zero-order valence-electron chi connectivity index (χ0n) is 13.0. The number of piperidine rings is 1. The second-order valence-corrected chi connectivity index (χ2v) is 6.41. The molecule has 2 rings (SSSR count). The first-order valence-electron chi connectivity index (χ1n) is 7.68. The van der Waals surface area contributed by atoms with E-state index in [4.69, 9.17) is 0 Å². The number of nitrogens with zero attached hydrogens (tertiary/aromatic N) is 1. The largest absolute Gasteiger partial charge is 0.389 e. The minimum atomic E-state index is -0.518. The van der Waals surface area contributed by atoms with Gasteiger partial charge >= 0.3 is 0 Å². The van der Waals surface area contributed by atoms with Crippen LogP contribution in [0.15, 0.2) is 30.3 Å². The molecule has 0 radical (unpaired) electrons. The minimum Gasteiger partial charge on any atom is -0.389 e. The van der Waals surface area contributed by atoms with Gasteiger partial charge in [-0.2, -0.15) is 0 Å². The highest BCUT2D eigenvalue weighted by Crippen LogP contribution is 2.33. The van der Waals surface area contributed by atoms with Crippen molar-refractivity contribution in [2.75, 3.05) is 20.1 Å². The second kappa shape index (κ2) is 6.70. The highest BCUT2D eigenvalue weighted by Gasteiger charge is 2.40. The Morgan fingerprint density at radius 1 is 1.30 bits per heavy atom. The quantitative estimate of drug-likeness (QED) is 0.810. The first kappa shape index (κ1) is 15.5. The molecule has 2 N–H and O–H groups in total. The highest BCUT2D eigenvalue weighted by molar-refractivity contribution is 5.14. The monoisotopic (exact) mass is 276 g/mol. The van der Waals surface area contributed by atoms with Gasteiger partial charge in [0.2, 0.25) is 0 Å². The van der Waals surface area contributed by atoms with E-state index in [9.17, 15) is 5.11 Å². The molecular weight excluding hydrogens is 248 g/mol. The molecule has 1 aromatic rings. The summed E-state index contributed by atoms with van der Waals surface area (Å²) in [5.74, 6) is 0.335. The molecule has 0 aromatic heterocycles. The van der Waals surface area contributed by atoms with Crippen molar-refractivity contribution in [2.45, 2.75) is 44.9 Å². The van der Waals surface area contributed by atoms with Gasteiger partial charge in [-0.1, -0.05) is 37.3 Å². The SMILES string of the molecule is CC1CC(O)(CCNCc2ccccc2)C(C)CN1C. The summed E-state index contributed by atoms with van der Waals surface area (Å²) in [4.78, 5) is 2.34. The van der Waals surface area contributed by atoms with E-state index in [1.165, 1.54) is 5.56 Å². The Balaban J connectivity index is 1.78. The van der Waals surface area contributed by atoms with E-state index in [1.54, 1.807) is 0 Å². The molecule has 1 heterocycles. The lowest BCUT2D eigenvalue weighted by Gasteiger charge is -2.46. The first-order valence-corrected chi connectivity index (χ1v) is 7.68. The number of aliphatic hydroxyl groups is 1. The minimum absolute atomic E-state index is 0.335. The van der Waals surface area contributed by atoms with Crippen molar-refractivity contribution in [3.8, 4) is 0 Å². The van der Waals surface area contributed by atoms with Crippen molar-refractivity contribution in [1.82, 2.24) is 10.2 Å². The molecule has 1 aliphatic heterocycles. The molecule has 3 atom stereocenters. The maximum atomic E-state index is 10.9. The van der Waals surface area contributed by atoms with Gasteiger partial charge in [-0.05, 0) is 44.8 Å². The highest BCUT2D eigenvalue weighted by atomic mass is 16.3. The fraction of sp³-hybridized carbons (Fsp3) is 0.647. The Bertz CT molecular complexity index is 409. The van der Waals surface area contributed by atoms with E-state index in [-0.39, 0.29) is 0 Å². The van der Waals surface area contributed by atoms with Gasteiger partial charge in [-0.25, -0.2) is 0 Å². The van der Waals surface area contributed by atoms with Crippen LogP contribution in [0.2, 0.25) is 0 Å². The van der Waals surface area contributed by atoms with Crippen LogP contribution < -0.4 is 5.32 Å². The van der Waals surface area contributed by atoms with Gasteiger partial charge in [0, 0.05) is 19.1 Å². The van der Waals surface area contributed by atoms with Crippen LogP contribution in [0.1, 0.15) is 32.3 Å². The van der Waals surface area contributed by atoms with Crippen LogP contribution in [0, 0.1) is 5.92 Å². The smallest absolute Gasteiger partial charge is 0.0712 e. The Labute approximate surface area is 123 Å². The lowest BCUT2D eigenvalue weighted by atomic mass is 9.77. The molecule has 0 bridgehead atoms. The third-order valence-corrected chi connectivity index (χ3v) is 4.79. The number of nitrogens with one attached hydrogen (secondary N) is 1. The summed E-state index contributed by atoms with van der Waals surface area (Å²) in [6.07, 6.45) is 1.71. The third-order valence-electron chi connectivity index (χ3n) is 4.79. The molecule has 112 valence electrons. The topological polar surface area (TPSA) is 35.5 Å². The van der Waals surface area contributed by atoms with E-state index >= 15 is 0 Å². The molecule has 0 spiro atoms. The van der Waals surface area contributed by atoms with Gasteiger partial charge in [0.25, 0.3) is 0 Å². The summed E-state index contributed by atoms with van der Waals surface area (Å²) >= 11 is 0. The van der Waals surface area contributed by atoms with Gasteiger partial charge in [0.1, 0.15) is 0 Å². The molecule has 3 nitrogen and oxygen atoms in total. The van der Waals surface area contributed by atoms with Crippen LogP contribution in [0.3, 0.4) is 0 Å². The molecular formula is C17H28N2O. The zero-order valence-corrected chi connectivity index (χ0v) is 13.0. The van der Waals surface area contributed by atoms with E-state index in [2.05, 4.69) is 55.4 Å². The zero-order chi connectivity index (χ0) is 14.6. The second-order valence-electron chi connectivity index (χ2n) is 6.41. The van der Waals surface area contributed by atoms with Crippen LogP contribution in [-0.4, -0.2) is 41.8 Å². The average molecular weight is 276 g/mol. The van der Waals surface area contributed by atoms with Gasteiger partial charge < -0.3 is 15.3 Å². The molecule has 0 aliphatic carbocycles. The van der Waals surface area contributed by atoms with E-state index < -0.39 is 5.60 Å². The van der Waals surface area contributed by atoms with E-state index in [0.717, 1.165) is 32.5 Å². The van der Waals surface area contributed by atoms with Crippen molar-refractivity contribution < 1.29 is 5.11 Å². The molecule has 3 heteroatoms. The van der Waals surface area contributed by atoms with Crippen molar-refractivity contribution in [3.05, 3.63) is 35.9 Å². The summed E-state index contributed by atoms with van der Waals surface area (Å²) in [5, 5.41) is 14.3. The molecule has 1 saturated heterocycles. The summed E-state index contributed by atoms with van der Waals surface area (Å²) < 4.78 is 0. The number of hydrogen-bond acceptors (Lipinski definition) is 3. The Kier molecular flexibility index (Phi) is 5.19. The van der Waals surface area contributed by atoms with Crippen molar-refractivity contribution in [1.29, 1.82) is 0 Å². The van der Waals surface area contributed by atoms with E-state index in [1.807, 2.05) is 6.07 Å². The maximum Gasteiger partial charge on any atom is 0.0712 e. The van der Waals surface area contributed by atoms with Gasteiger partial charge in [-0.15, -0.1) is 0 Å². The summed E-state index contributed by atoms with van der Waals surface area (Å²) in [7, 11) is 2.15. The summed E-state index contributed by atoms with van der Waals surface area (Å²) in [6, 6.07) is 10.9. The molecule has 20 heavy (non-hydrogen) atoms. The molecule has 0 saturated carbocycles. The number of likely N-dealkylation sites (tertiary alicyclic amines) is 1. The summed E-state index contributed by atoms with van der Waals surface area (Å²) in [5.41, 5.74) is 0.777. The van der Waals surface area contributed by atoms with E-state index in [0.29, 0.717) is 12.0 Å². The van der Waals surface area contributed by atoms with Crippen LogP contribution in [0.5, 0.6) is 0 Å². The van der Waals surface area contributed by atoms with Crippen molar-refractivity contribution >= 4 is 0 Å². The number of rotatable bonds is 5. The average Bonchev–Trinajstić information content (AvgIpc) is 2.43. The van der Waals surface area contributed by atoms with Gasteiger partial charge in [-0.3, -0.25) is 0 Å². The molecule has 1 fully saturated rings. The molecule has 0 amide bonds. The normalized spacial score (nSPS) is 31.4. The van der Waals surface area contributed by atoms with Gasteiger partial charge in [0.15, 0.2) is 0 Å². The van der Waals surface area contributed by atoms with Crippen LogP contribution in [-0.2, 0) is 6.54 Å². The number of benzene rings is 1. The Morgan fingerprint density at radius 3 is 2.70 bits per heavy atom. The van der Waals surface area contributed by atoms with Crippen LogP contribution >= 0.6 is 0 Å². The van der Waals surface area contributed by atoms with Gasteiger partial charge in [0.05, 0.1) is 5.60 Å². The van der Waals surface area contributed by atoms with Crippen molar-refractivity contribution in [3.63, 3.8) is 0 Å². The predicted octanol–water partition coefficient (Wildman–Crippen LogP) is 2.26. The fourth-order valence-electron chi connectivity index (χ4n) is 3.13. The number of hydrogen-bond donors (Lipinski definition) is 2. The van der Waals surface area contributed by atoms with Crippen LogP contribution in [0.4, 0.5) is 0 Å². The lowest BCUT2D eigenvalue weighted by molar-refractivity contribution is -0.0831. The Hall–Kier alpha value is -0.900. The fourth-order valence-corrected chi connectivity index (χ4v) is 3.13.